The number of hydrogen-bond acceptors (Lipinski definition) is 7. The molecule has 0 aliphatic carbocycles. The van der Waals surface area contributed by atoms with E-state index in [1.54, 1.807) is 12.1 Å². The van der Waals surface area contributed by atoms with Crippen LogP contribution >= 0.6 is 15.9 Å². The third-order valence-electron chi connectivity index (χ3n) is 5.31. The lowest BCUT2D eigenvalue weighted by molar-refractivity contribution is -0.143. The van der Waals surface area contributed by atoms with Gasteiger partial charge in [0.1, 0.15) is 18.2 Å². The number of carbonyl (C=O) groups is 2. The molecule has 0 radical (unpaired) electrons. The van der Waals surface area contributed by atoms with Crippen molar-refractivity contribution in [3.8, 4) is 5.75 Å². The Morgan fingerprint density at radius 3 is 2.54 bits per heavy atom. The molecule has 2 N–H and O–H groups in total. The predicted molar refractivity (Wildman–Crippen MR) is 136 cm³/mol. The van der Waals surface area contributed by atoms with Crippen LogP contribution in [0.5, 0.6) is 5.75 Å². The van der Waals surface area contributed by atoms with Crippen LogP contribution in [0.1, 0.15) is 28.4 Å². The molecule has 2 aromatic carbocycles. The monoisotopic (exact) mass is 541 g/mol. The van der Waals surface area contributed by atoms with Crippen LogP contribution in [0.25, 0.3) is 0 Å². The summed E-state index contributed by atoms with van der Waals surface area (Å²) in [5.41, 5.74) is 2.34. The highest BCUT2D eigenvalue weighted by Crippen LogP contribution is 2.27. The normalized spacial score (nSPS) is 11.4. The first kappa shape index (κ1) is 26.2. The molecule has 0 aliphatic heterocycles. The van der Waals surface area contributed by atoms with Crippen LogP contribution in [0.4, 0.5) is 5.82 Å². The van der Waals surface area contributed by atoms with Gasteiger partial charge >= 0.3 is 5.97 Å². The number of ether oxygens (including phenoxy) is 2. The second kappa shape index (κ2) is 12.9. The first-order chi connectivity index (χ1) is 16.9. The summed E-state index contributed by atoms with van der Waals surface area (Å²) in [5, 5.41) is 11.7. The van der Waals surface area contributed by atoms with Crippen molar-refractivity contribution in [3.63, 3.8) is 0 Å². The Labute approximate surface area is 213 Å². The van der Waals surface area contributed by atoms with Gasteiger partial charge < -0.3 is 24.8 Å². The third kappa shape index (κ3) is 7.27. The van der Waals surface area contributed by atoms with Crippen molar-refractivity contribution in [2.45, 2.75) is 26.1 Å². The number of aliphatic hydroxyl groups excluding tert-OH is 1. The maximum atomic E-state index is 12.4. The molecule has 0 aliphatic rings. The molecule has 9 heteroatoms. The lowest BCUT2D eigenvalue weighted by Gasteiger charge is -2.24. The van der Waals surface area contributed by atoms with Crippen molar-refractivity contribution in [1.29, 1.82) is 0 Å². The van der Waals surface area contributed by atoms with Gasteiger partial charge in [-0.25, -0.2) is 9.78 Å². The minimum Gasteiger partial charge on any atom is -0.489 e. The largest absolute Gasteiger partial charge is 0.489 e. The van der Waals surface area contributed by atoms with Crippen LogP contribution in [0.2, 0.25) is 0 Å². The highest BCUT2D eigenvalue weighted by molar-refractivity contribution is 9.10. The molecule has 1 heterocycles. The number of benzene rings is 2. The number of nitrogens with zero attached hydrogens (tertiary/aromatic N) is 2. The van der Waals surface area contributed by atoms with Gasteiger partial charge in [-0.2, -0.15) is 0 Å². The number of nitrogens with one attached hydrogen (secondary N) is 1. The van der Waals surface area contributed by atoms with E-state index in [1.807, 2.05) is 55.5 Å². The smallest absolute Gasteiger partial charge is 0.330 e. The molecule has 1 unspecified atom stereocenters. The van der Waals surface area contributed by atoms with E-state index in [4.69, 9.17) is 4.74 Å². The highest BCUT2D eigenvalue weighted by Gasteiger charge is 2.21. The number of carbonyl (C=O) groups excluding carboxylic acids is 2. The molecule has 3 rings (SSSR count). The van der Waals surface area contributed by atoms with E-state index in [0.29, 0.717) is 25.5 Å². The molecule has 8 nitrogen and oxygen atoms in total. The molecule has 0 saturated carbocycles. The van der Waals surface area contributed by atoms with E-state index < -0.39 is 24.5 Å². The summed E-state index contributed by atoms with van der Waals surface area (Å²) in [5.74, 6) is 0.219. The number of amides is 1. The van der Waals surface area contributed by atoms with Gasteiger partial charge in [0, 0.05) is 29.3 Å². The van der Waals surface area contributed by atoms with E-state index >= 15 is 0 Å². The summed E-state index contributed by atoms with van der Waals surface area (Å²) in [4.78, 5) is 30.6. The number of pyridine rings is 1. The first-order valence-corrected chi connectivity index (χ1v) is 11.9. The number of aliphatic hydroxyl groups is 1. The van der Waals surface area contributed by atoms with E-state index in [2.05, 4.69) is 35.9 Å². The fourth-order valence-electron chi connectivity index (χ4n) is 3.38. The number of halogens is 1. The lowest BCUT2D eigenvalue weighted by Crippen LogP contribution is -2.44. The maximum absolute atomic E-state index is 12.4. The molecule has 35 heavy (non-hydrogen) atoms. The van der Waals surface area contributed by atoms with E-state index in [9.17, 15) is 14.7 Å². The second-order valence-corrected chi connectivity index (χ2v) is 8.59. The van der Waals surface area contributed by atoms with Crippen molar-refractivity contribution in [3.05, 3.63) is 88.0 Å². The number of methoxy groups -OCH3 is 1. The van der Waals surface area contributed by atoms with Gasteiger partial charge in [-0.05, 0) is 42.8 Å². The highest BCUT2D eigenvalue weighted by atomic mass is 79.9. The fraction of sp³-hybridized carbons (Fsp3) is 0.269. The van der Waals surface area contributed by atoms with Crippen LogP contribution in [0, 0.1) is 0 Å². The number of aromatic nitrogens is 1. The minimum absolute atomic E-state index is 0.265. The van der Waals surface area contributed by atoms with E-state index in [-0.39, 0.29) is 5.56 Å². The molecule has 1 amide bonds. The Bertz CT molecular complexity index is 1130. The van der Waals surface area contributed by atoms with Crippen molar-refractivity contribution in [2.24, 2.45) is 0 Å². The van der Waals surface area contributed by atoms with Crippen LogP contribution in [0.3, 0.4) is 0 Å². The van der Waals surface area contributed by atoms with Gasteiger partial charge in [-0.15, -0.1) is 0 Å². The quantitative estimate of drug-likeness (QED) is 0.357. The Morgan fingerprint density at radius 1 is 1.14 bits per heavy atom. The van der Waals surface area contributed by atoms with Crippen molar-refractivity contribution in [2.75, 3.05) is 25.2 Å². The zero-order valence-corrected chi connectivity index (χ0v) is 21.2. The standard InChI is InChI=1S/C26H28BrN3O5/c1-3-30(24-12-9-19(14-28-24)25(32)29-22(16-31)26(33)34-2)15-20-13-21(27)10-11-23(20)35-17-18-7-5-4-6-8-18/h4-14,22,31H,3,15-17H2,1-2H3,(H,29,32). The van der Waals surface area contributed by atoms with Crippen LogP contribution in [-0.4, -0.2) is 48.3 Å². The summed E-state index contributed by atoms with van der Waals surface area (Å²) in [6.45, 7) is 3.15. The lowest BCUT2D eigenvalue weighted by atomic mass is 10.1. The molecule has 184 valence electrons. The zero-order chi connectivity index (χ0) is 25.2. The number of rotatable bonds is 11. The van der Waals surface area contributed by atoms with Gasteiger partial charge in [-0.3, -0.25) is 4.79 Å². The summed E-state index contributed by atoms with van der Waals surface area (Å²) in [7, 11) is 1.19. The van der Waals surface area contributed by atoms with Gasteiger partial charge in [-0.1, -0.05) is 46.3 Å². The average molecular weight is 542 g/mol. The van der Waals surface area contributed by atoms with Gasteiger partial charge in [0.2, 0.25) is 0 Å². The molecule has 0 bridgehead atoms. The van der Waals surface area contributed by atoms with Gasteiger partial charge in [0.15, 0.2) is 6.04 Å². The Hall–Kier alpha value is -3.43. The summed E-state index contributed by atoms with van der Waals surface area (Å²) < 4.78 is 11.6. The summed E-state index contributed by atoms with van der Waals surface area (Å²) >= 11 is 3.54. The molecule has 1 aromatic heterocycles. The second-order valence-electron chi connectivity index (χ2n) is 7.68. The number of anilines is 1. The topological polar surface area (TPSA) is 101 Å². The van der Waals surface area contributed by atoms with Crippen LogP contribution in [0.15, 0.2) is 71.3 Å². The van der Waals surface area contributed by atoms with Gasteiger partial charge in [0.05, 0.1) is 19.3 Å². The zero-order valence-electron chi connectivity index (χ0n) is 19.6. The molecule has 3 aromatic rings. The average Bonchev–Trinajstić information content (AvgIpc) is 2.90. The summed E-state index contributed by atoms with van der Waals surface area (Å²) in [6, 6.07) is 18.1. The van der Waals surface area contributed by atoms with Crippen molar-refractivity contribution in [1.82, 2.24) is 10.3 Å². The summed E-state index contributed by atoms with van der Waals surface area (Å²) in [6.07, 6.45) is 1.44. The number of hydrogen-bond donors (Lipinski definition) is 2. The fourth-order valence-corrected chi connectivity index (χ4v) is 3.79. The van der Waals surface area contributed by atoms with Gasteiger partial charge in [0.25, 0.3) is 5.91 Å². The molecule has 1 atom stereocenters. The Balaban J connectivity index is 1.72. The number of esters is 1. The van der Waals surface area contributed by atoms with Crippen LogP contribution < -0.4 is 15.0 Å². The molecule has 0 spiro atoms. The Kier molecular flexibility index (Phi) is 9.63. The van der Waals surface area contributed by atoms with E-state index in [1.165, 1.54) is 13.3 Å². The first-order valence-electron chi connectivity index (χ1n) is 11.1. The predicted octanol–water partition coefficient (Wildman–Crippen LogP) is 3.71. The Morgan fingerprint density at radius 2 is 1.91 bits per heavy atom. The SMILES string of the molecule is CCN(Cc1cc(Br)ccc1OCc1ccccc1)c1ccc(C(=O)NC(CO)C(=O)OC)cn1. The molecule has 0 fully saturated rings. The third-order valence-corrected chi connectivity index (χ3v) is 5.80. The van der Waals surface area contributed by atoms with Crippen LogP contribution in [-0.2, 0) is 22.7 Å². The molecular formula is C26H28BrN3O5. The van der Waals surface area contributed by atoms with E-state index in [0.717, 1.165) is 21.3 Å². The van der Waals surface area contributed by atoms with Crippen molar-refractivity contribution < 1.29 is 24.2 Å². The molecule has 0 saturated heterocycles. The van der Waals surface area contributed by atoms with Crippen molar-refractivity contribution >= 4 is 33.6 Å². The maximum Gasteiger partial charge on any atom is 0.330 e. The molecular weight excluding hydrogens is 514 g/mol. The minimum atomic E-state index is -1.13.